The maximum atomic E-state index is 13.1. The summed E-state index contributed by atoms with van der Waals surface area (Å²) in [5, 5.41) is 18.7. The zero-order chi connectivity index (χ0) is 21.1. The highest BCUT2D eigenvalue weighted by molar-refractivity contribution is 9.10. The summed E-state index contributed by atoms with van der Waals surface area (Å²) >= 11 is 4.73. The molecular formula is C22H20BrN5OS. The van der Waals surface area contributed by atoms with E-state index in [0.717, 1.165) is 48.1 Å². The van der Waals surface area contributed by atoms with Gasteiger partial charge >= 0.3 is 0 Å². The Morgan fingerprint density at radius 1 is 1.27 bits per heavy atom. The van der Waals surface area contributed by atoms with Gasteiger partial charge in [0.2, 0.25) is 0 Å². The first-order valence-corrected chi connectivity index (χ1v) is 11.4. The van der Waals surface area contributed by atoms with Gasteiger partial charge in [-0.2, -0.15) is 5.26 Å². The molecule has 8 heteroatoms. The van der Waals surface area contributed by atoms with Crippen molar-refractivity contribution in [3.63, 3.8) is 0 Å². The number of halogens is 1. The van der Waals surface area contributed by atoms with Crippen LogP contribution in [0.2, 0.25) is 0 Å². The molecule has 0 radical (unpaired) electrons. The summed E-state index contributed by atoms with van der Waals surface area (Å²) in [6.07, 6.45) is 7.62. The Bertz CT molecular complexity index is 1310. The highest BCUT2D eigenvalue weighted by Gasteiger charge is 2.20. The SMILES string of the molecule is C=CCn1c(=O)/c(=C/c2ccc(Br)cc2)s/c1=C(\C#N)c1nnc2n1CCCCC2. The van der Waals surface area contributed by atoms with Gasteiger partial charge in [-0.25, -0.2) is 0 Å². The van der Waals surface area contributed by atoms with Crippen molar-refractivity contribution in [1.29, 1.82) is 5.26 Å². The second-order valence-electron chi connectivity index (χ2n) is 7.06. The van der Waals surface area contributed by atoms with E-state index in [2.05, 4.69) is 38.8 Å². The average Bonchev–Trinajstić information content (AvgIpc) is 3.17. The van der Waals surface area contributed by atoms with Crippen LogP contribution in [0.15, 0.2) is 46.2 Å². The number of allylic oxidation sites excluding steroid dienone is 1. The van der Waals surface area contributed by atoms with Crippen molar-refractivity contribution in [1.82, 2.24) is 19.3 Å². The molecule has 0 aliphatic carbocycles. The van der Waals surface area contributed by atoms with E-state index in [1.54, 1.807) is 10.6 Å². The molecule has 0 bridgehead atoms. The molecule has 1 aliphatic rings. The standard InChI is InChI=1S/C22H20BrN5OS/c1-2-11-28-21(29)18(13-15-7-9-16(23)10-8-15)30-22(28)17(14-24)20-26-25-19-6-4-3-5-12-27(19)20/h2,7-10,13H,1,3-6,11-12H2/b18-13-,22-17+. The smallest absolute Gasteiger partial charge is 0.269 e. The number of nitriles is 1. The predicted molar refractivity (Wildman–Crippen MR) is 121 cm³/mol. The van der Waals surface area contributed by atoms with Gasteiger partial charge in [-0.15, -0.1) is 28.1 Å². The summed E-state index contributed by atoms with van der Waals surface area (Å²) in [5.41, 5.74) is 1.17. The quantitative estimate of drug-likeness (QED) is 0.536. The summed E-state index contributed by atoms with van der Waals surface area (Å²) in [6.45, 7) is 4.89. The normalized spacial score (nSPS) is 15.3. The summed E-state index contributed by atoms with van der Waals surface area (Å²) in [5.74, 6) is 1.45. The highest BCUT2D eigenvalue weighted by Crippen LogP contribution is 2.18. The number of benzene rings is 1. The molecule has 1 aliphatic heterocycles. The van der Waals surface area contributed by atoms with Gasteiger partial charge < -0.3 is 4.57 Å². The fraction of sp³-hybridized carbons (Fsp3) is 0.273. The van der Waals surface area contributed by atoms with E-state index >= 15 is 0 Å². The van der Waals surface area contributed by atoms with E-state index in [1.807, 2.05) is 34.9 Å². The van der Waals surface area contributed by atoms with Crippen LogP contribution >= 0.6 is 27.3 Å². The lowest BCUT2D eigenvalue weighted by atomic mass is 10.2. The fourth-order valence-corrected chi connectivity index (χ4v) is 4.95. The molecule has 0 amide bonds. The highest BCUT2D eigenvalue weighted by atomic mass is 79.9. The van der Waals surface area contributed by atoms with Gasteiger partial charge in [-0.3, -0.25) is 9.36 Å². The van der Waals surface area contributed by atoms with E-state index in [1.165, 1.54) is 11.3 Å². The zero-order valence-corrected chi connectivity index (χ0v) is 18.7. The molecule has 30 heavy (non-hydrogen) atoms. The van der Waals surface area contributed by atoms with Gasteiger partial charge in [0.25, 0.3) is 5.56 Å². The molecule has 0 fully saturated rings. The Kier molecular flexibility index (Phi) is 6.11. The first-order valence-electron chi connectivity index (χ1n) is 9.77. The number of hydrogen-bond donors (Lipinski definition) is 0. The molecule has 1 aromatic carbocycles. The topological polar surface area (TPSA) is 76.5 Å². The Morgan fingerprint density at radius 3 is 2.80 bits per heavy atom. The molecule has 0 saturated carbocycles. The Balaban J connectivity index is 1.97. The number of nitrogens with zero attached hydrogens (tertiary/aromatic N) is 5. The van der Waals surface area contributed by atoms with Crippen molar-refractivity contribution in [2.75, 3.05) is 0 Å². The van der Waals surface area contributed by atoms with Gasteiger partial charge in [0.15, 0.2) is 5.82 Å². The number of aryl methyl sites for hydroxylation is 1. The lowest BCUT2D eigenvalue weighted by Crippen LogP contribution is -2.32. The van der Waals surface area contributed by atoms with Crippen molar-refractivity contribution in [3.05, 3.63) is 78.2 Å². The molecule has 3 aromatic rings. The Hall–Kier alpha value is -2.76. The van der Waals surface area contributed by atoms with Gasteiger partial charge in [0, 0.05) is 24.0 Å². The van der Waals surface area contributed by atoms with Crippen molar-refractivity contribution in [2.24, 2.45) is 0 Å². The number of thiazole rings is 1. The van der Waals surface area contributed by atoms with E-state index in [4.69, 9.17) is 0 Å². The van der Waals surface area contributed by atoms with Crippen LogP contribution in [-0.4, -0.2) is 19.3 Å². The maximum absolute atomic E-state index is 13.1. The molecule has 0 atom stereocenters. The number of aromatic nitrogens is 4. The molecular weight excluding hydrogens is 462 g/mol. The monoisotopic (exact) mass is 481 g/mol. The summed E-state index contributed by atoms with van der Waals surface area (Å²) in [6, 6.07) is 10.0. The largest absolute Gasteiger partial charge is 0.310 e. The first kappa shape index (κ1) is 20.5. The summed E-state index contributed by atoms with van der Waals surface area (Å²) < 4.78 is 5.76. The van der Waals surface area contributed by atoms with Crippen LogP contribution in [0.3, 0.4) is 0 Å². The third-order valence-electron chi connectivity index (χ3n) is 5.05. The van der Waals surface area contributed by atoms with Gasteiger partial charge in [-0.05, 0) is 36.6 Å². The molecule has 3 heterocycles. The Morgan fingerprint density at radius 2 is 2.07 bits per heavy atom. The number of hydrogen-bond acceptors (Lipinski definition) is 5. The summed E-state index contributed by atoms with van der Waals surface area (Å²) in [7, 11) is 0. The molecule has 6 nitrogen and oxygen atoms in total. The molecule has 4 rings (SSSR count). The van der Waals surface area contributed by atoms with E-state index in [0.29, 0.717) is 27.1 Å². The predicted octanol–water partition coefficient (Wildman–Crippen LogP) is 2.73. The minimum absolute atomic E-state index is 0.138. The van der Waals surface area contributed by atoms with Crippen molar-refractivity contribution in [2.45, 2.75) is 38.8 Å². The second kappa shape index (κ2) is 8.94. The number of fused-ring (bicyclic) bond motifs is 1. The van der Waals surface area contributed by atoms with Gasteiger partial charge in [0.1, 0.15) is 22.1 Å². The fourth-order valence-electron chi connectivity index (χ4n) is 3.57. The van der Waals surface area contributed by atoms with Crippen molar-refractivity contribution in [3.8, 4) is 6.07 Å². The molecule has 2 aromatic heterocycles. The Labute approximate surface area is 186 Å². The van der Waals surface area contributed by atoms with Crippen molar-refractivity contribution < 1.29 is 0 Å². The van der Waals surface area contributed by atoms with Crippen LogP contribution in [-0.2, 0) is 19.5 Å². The lowest BCUT2D eigenvalue weighted by molar-refractivity contribution is 0.626. The van der Waals surface area contributed by atoms with Crippen LogP contribution in [0.5, 0.6) is 0 Å². The first-order chi connectivity index (χ1) is 14.6. The lowest BCUT2D eigenvalue weighted by Gasteiger charge is -2.06. The van der Waals surface area contributed by atoms with E-state index in [9.17, 15) is 10.1 Å². The van der Waals surface area contributed by atoms with Crippen molar-refractivity contribution >= 4 is 38.9 Å². The molecule has 152 valence electrons. The van der Waals surface area contributed by atoms with Crippen LogP contribution < -0.4 is 14.8 Å². The van der Waals surface area contributed by atoms with Crippen LogP contribution in [0, 0.1) is 11.3 Å². The minimum Gasteiger partial charge on any atom is -0.310 e. The molecule has 0 saturated heterocycles. The van der Waals surface area contributed by atoms with Gasteiger partial charge in [-0.1, -0.05) is 40.6 Å². The van der Waals surface area contributed by atoms with Crippen LogP contribution in [0.1, 0.15) is 36.5 Å². The molecule has 0 unspecified atom stereocenters. The molecule has 0 spiro atoms. The van der Waals surface area contributed by atoms with E-state index in [-0.39, 0.29) is 5.56 Å². The van der Waals surface area contributed by atoms with E-state index < -0.39 is 0 Å². The minimum atomic E-state index is -0.138. The van der Waals surface area contributed by atoms with Crippen LogP contribution in [0.25, 0.3) is 11.6 Å². The summed E-state index contributed by atoms with van der Waals surface area (Å²) in [4.78, 5) is 13.1. The maximum Gasteiger partial charge on any atom is 0.269 e. The third-order valence-corrected chi connectivity index (χ3v) is 6.70. The molecule has 0 N–H and O–H groups in total. The average molecular weight is 482 g/mol. The van der Waals surface area contributed by atoms with Crippen LogP contribution in [0.4, 0.5) is 0 Å². The number of rotatable bonds is 4. The second-order valence-corrected chi connectivity index (χ2v) is 9.01. The third kappa shape index (κ3) is 3.95. The van der Waals surface area contributed by atoms with Gasteiger partial charge in [0.05, 0.1) is 4.53 Å². The zero-order valence-electron chi connectivity index (χ0n) is 16.3.